The highest BCUT2D eigenvalue weighted by atomic mass is 16.4. The molecule has 8 nitrogen and oxygen atoms in total. The van der Waals surface area contributed by atoms with Crippen LogP contribution in [0.3, 0.4) is 0 Å². The topological polar surface area (TPSA) is 157 Å². The van der Waals surface area contributed by atoms with E-state index in [1.54, 1.807) is 6.92 Å². The summed E-state index contributed by atoms with van der Waals surface area (Å²) in [5, 5.41) is 8.46. The molecule has 0 heterocycles. The first-order valence-corrected chi connectivity index (χ1v) is 6.17. The second-order valence-corrected chi connectivity index (χ2v) is 3.74. The van der Waals surface area contributed by atoms with E-state index >= 15 is 0 Å². The molecular formula is C12H23N5O3. The smallest absolute Gasteiger partial charge is 0.333 e. The van der Waals surface area contributed by atoms with Crippen LogP contribution in [0.2, 0.25) is 0 Å². The second kappa shape index (κ2) is 13.3. The highest BCUT2D eigenvalue weighted by molar-refractivity contribution is 5.86. The largest absolute Gasteiger partial charge is 0.478 e. The average Bonchev–Trinajstić information content (AvgIpc) is 2.40. The lowest BCUT2D eigenvalue weighted by Crippen LogP contribution is -2.23. The summed E-state index contributed by atoms with van der Waals surface area (Å²) in [4.78, 5) is 27.1. The quantitative estimate of drug-likeness (QED) is 0.171. The number of allylic oxidation sites excluding steroid dienone is 1. The molecule has 0 fully saturated rings. The Morgan fingerprint density at radius 3 is 2.25 bits per heavy atom. The standard InChI is InChI=1S/C7H9NO3.C5H14N4/c1-3-6(8-4-9)5(2)7(10)11;6-3-1-2-4-9-5(7)8/h3H2,1-2H3,(H,10,11);1-4,6H2,(H4,7,8,9)/b6-5+;. The number of hydrogen-bond acceptors (Lipinski definition) is 5. The molecule has 0 amide bonds. The number of carboxylic acid groups (broad SMARTS) is 1. The van der Waals surface area contributed by atoms with Gasteiger partial charge in [-0.25, -0.2) is 9.59 Å². The number of guanidine groups is 1. The first-order valence-electron chi connectivity index (χ1n) is 6.17. The van der Waals surface area contributed by atoms with Gasteiger partial charge in [-0.05, 0) is 32.7 Å². The van der Waals surface area contributed by atoms with Crippen molar-refractivity contribution in [2.75, 3.05) is 13.1 Å². The van der Waals surface area contributed by atoms with E-state index in [9.17, 15) is 9.59 Å². The van der Waals surface area contributed by atoms with Crippen molar-refractivity contribution in [1.29, 1.82) is 0 Å². The van der Waals surface area contributed by atoms with Crippen LogP contribution < -0.4 is 17.2 Å². The lowest BCUT2D eigenvalue weighted by molar-refractivity contribution is -0.132. The summed E-state index contributed by atoms with van der Waals surface area (Å²) in [6, 6.07) is 0. The van der Waals surface area contributed by atoms with Gasteiger partial charge in [0.25, 0.3) is 0 Å². The minimum atomic E-state index is -1.05. The van der Waals surface area contributed by atoms with Crippen LogP contribution in [0.15, 0.2) is 21.3 Å². The predicted octanol–water partition coefficient (Wildman–Crippen LogP) is 0.0895. The molecule has 0 aliphatic rings. The molecular weight excluding hydrogens is 262 g/mol. The summed E-state index contributed by atoms with van der Waals surface area (Å²) < 4.78 is 0. The molecule has 20 heavy (non-hydrogen) atoms. The lowest BCUT2D eigenvalue weighted by atomic mass is 10.2. The summed E-state index contributed by atoms with van der Waals surface area (Å²) >= 11 is 0. The Kier molecular flexibility index (Phi) is 13.4. The number of aliphatic imine (C=N–C) groups is 2. The zero-order chi connectivity index (χ0) is 16.0. The van der Waals surface area contributed by atoms with Gasteiger partial charge in [-0.2, -0.15) is 4.99 Å². The summed E-state index contributed by atoms with van der Waals surface area (Å²) in [5.74, 6) is -0.895. The molecule has 0 unspecified atom stereocenters. The van der Waals surface area contributed by atoms with Crippen LogP contribution in [-0.2, 0) is 9.59 Å². The first-order chi connectivity index (χ1) is 9.40. The van der Waals surface area contributed by atoms with Crippen LogP contribution in [0.25, 0.3) is 0 Å². The fourth-order valence-corrected chi connectivity index (χ4v) is 1.07. The van der Waals surface area contributed by atoms with E-state index in [1.165, 1.54) is 13.0 Å². The van der Waals surface area contributed by atoms with E-state index in [0.29, 0.717) is 19.5 Å². The number of nitrogens with zero attached hydrogens (tertiary/aromatic N) is 2. The van der Waals surface area contributed by atoms with Crippen molar-refractivity contribution in [3.63, 3.8) is 0 Å². The van der Waals surface area contributed by atoms with Crippen molar-refractivity contribution in [3.05, 3.63) is 11.3 Å². The minimum Gasteiger partial charge on any atom is -0.478 e. The van der Waals surface area contributed by atoms with E-state index in [-0.39, 0.29) is 17.2 Å². The average molecular weight is 285 g/mol. The summed E-state index contributed by atoms with van der Waals surface area (Å²) in [5.41, 5.74) is 15.7. The fourth-order valence-electron chi connectivity index (χ4n) is 1.07. The Bertz CT molecular complexity index is 394. The third-order valence-corrected chi connectivity index (χ3v) is 2.18. The predicted molar refractivity (Wildman–Crippen MR) is 77.7 cm³/mol. The molecule has 0 radical (unpaired) electrons. The summed E-state index contributed by atoms with van der Waals surface area (Å²) in [6.45, 7) is 4.53. The number of unbranched alkanes of at least 4 members (excludes halogenated alkanes) is 1. The SMILES string of the molecule is CC/C(N=C=O)=C(/C)C(=O)O.NCCCCN=C(N)N. The maximum absolute atomic E-state index is 10.3. The molecule has 8 heteroatoms. The van der Waals surface area contributed by atoms with Crippen molar-refractivity contribution in [2.45, 2.75) is 33.1 Å². The number of rotatable bonds is 7. The molecule has 0 bridgehead atoms. The molecule has 0 atom stereocenters. The highest BCUT2D eigenvalue weighted by Gasteiger charge is 2.05. The number of carboxylic acids is 1. The number of carbonyl (C=O) groups excluding carboxylic acids is 1. The van der Waals surface area contributed by atoms with E-state index in [4.69, 9.17) is 22.3 Å². The molecule has 0 aromatic carbocycles. The van der Waals surface area contributed by atoms with Gasteiger partial charge in [0.2, 0.25) is 6.08 Å². The van der Waals surface area contributed by atoms with Gasteiger partial charge in [0.15, 0.2) is 5.96 Å². The van der Waals surface area contributed by atoms with Gasteiger partial charge in [-0.1, -0.05) is 6.92 Å². The Hall–Kier alpha value is -2.18. The number of aliphatic carboxylic acids is 1. The van der Waals surface area contributed by atoms with Crippen molar-refractivity contribution in [2.24, 2.45) is 27.2 Å². The maximum atomic E-state index is 10.3. The highest BCUT2D eigenvalue weighted by Crippen LogP contribution is 2.08. The molecule has 0 aliphatic heterocycles. The molecule has 0 saturated heterocycles. The molecule has 0 aliphatic carbocycles. The van der Waals surface area contributed by atoms with Crippen molar-refractivity contribution < 1.29 is 14.7 Å². The lowest BCUT2D eigenvalue weighted by Gasteiger charge is -1.96. The van der Waals surface area contributed by atoms with Crippen LogP contribution in [0, 0.1) is 0 Å². The van der Waals surface area contributed by atoms with Crippen LogP contribution in [0.1, 0.15) is 33.1 Å². The normalized spacial score (nSPS) is 10.3. The third kappa shape index (κ3) is 12.3. The van der Waals surface area contributed by atoms with Gasteiger partial charge < -0.3 is 22.3 Å². The maximum Gasteiger partial charge on any atom is 0.333 e. The molecule has 0 aromatic rings. The monoisotopic (exact) mass is 285 g/mol. The van der Waals surface area contributed by atoms with E-state index < -0.39 is 5.97 Å². The van der Waals surface area contributed by atoms with Crippen molar-refractivity contribution in [3.8, 4) is 0 Å². The van der Waals surface area contributed by atoms with Gasteiger partial charge in [0.1, 0.15) is 0 Å². The zero-order valence-electron chi connectivity index (χ0n) is 11.9. The number of isocyanates is 1. The first kappa shape index (κ1) is 20.1. The Morgan fingerprint density at radius 2 is 1.90 bits per heavy atom. The van der Waals surface area contributed by atoms with Crippen LogP contribution in [0.5, 0.6) is 0 Å². The summed E-state index contributed by atoms with van der Waals surface area (Å²) in [6.07, 6.45) is 3.68. The molecule has 0 aromatic heterocycles. The fraction of sp³-hybridized carbons (Fsp3) is 0.583. The van der Waals surface area contributed by atoms with Gasteiger partial charge >= 0.3 is 5.97 Å². The molecule has 0 spiro atoms. The second-order valence-electron chi connectivity index (χ2n) is 3.74. The van der Waals surface area contributed by atoms with Crippen LogP contribution in [-0.4, -0.2) is 36.2 Å². The van der Waals surface area contributed by atoms with Gasteiger partial charge in [0, 0.05) is 6.54 Å². The summed E-state index contributed by atoms with van der Waals surface area (Å²) in [7, 11) is 0. The van der Waals surface area contributed by atoms with Crippen LogP contribution >= 0.6 is 0 Å². The van der Waals surface area contributed by atoms with E-state index in [1.807, 2.05) is 0 Å². The van der Waals surface area contributed by atoms with E-state index in [2.05, 4.69) is 9.98 Å². The Labute approximate surface area is 118 Å². The Morgan fingerprint density at radius 1 is 1.30 bits per heavy atom. The molecule has 0 saturated carbocycles. The Balaban J connectivity index is 0. The minimum absolute atomic E-state index is 0.0934. The van der Waals surface area contributed by atoms with E-state index in [0.717, 1.165) is 12.8 Å². The molecule has 114 valence electrons. The van der Waals surface area contributed by atoms with Gasteiger partial charge in [-0.3, -0.25) is 4.99 Å². The molecule has 0 rings (SSSR count). The zero-order valence-corrected chi connectivity index (χ0v) is 11.9. The number of nitrogens with two attached hydrogens (primary N) is 3. The third-order valence-electron chi connectivity index (χ3n) is 2.18. The number of carbonyl (C=O) groups is 1. The van der Waals surface area contributed by atoms with Gasteiger partial charge in [0.05, 0.1) is 11.3 Å². The van der Waals surface area contributed by atoms with Crippen molar-refractivity contribution >= 4 is 18.0 Å². The van der Waals surface area contributed by atoms with Gasteiger partial charge in [-0.15, -0.1) is 0 Å². The number of hydrogen-bond donors (Lipinski definition) is 4. The van der Waals surface area contributed by atoms with Crippen molar-refractivity contribution in [1.82, 2.24) is 0 Å². The molecule has 7 N–H and O–H groups in total. The van der Waals surface area contributed by atoms with Crippen LogP contribution in [0.4, 0.5) is 0 Å².